The molecule has 0 saturated carbocycles. The summed E-state index contributed by atoms with van der Waals surface area (Å²) in [4.78, 5) is 7.83. The summed E-state index contributed by atoms with van der Waals surface area (Å²) in [7, 11) is -4.20. The van der Waals surface area contributed by atoms with Crippen LogP contribution in [0.5, 0.6) is 0 Å². The van der Waals surface area contributed by atoms with Crippen molar-refractivity contribution in [3.05, 3.63) is 76.3 Å². The molecule has 0 aliphatic heterocycles. The van der Waals surface area contributed by atoms with Crippen LogP contribution in [0.3, 0.4) is 0 Å². The van der Waals surface area contributed by atoms with Crippen molar-refractivity contribution in [2.45, 2.75) is 16.3 Å². The zero-order valence-corrected chi connectivity index (χ0v) is 17.7. The molecule has 4 aromatic rings. The number of nitriles is 2. The lowest BCUT2D eigenvalue weighted by molar-refractivity contribution is 0.597. The van der Waals surface area contributed by atoms with Crippen molar-refractivity contribution >= 4 is 38.4 Å². The van der Waals surface area contributed by atoms with Gasteiger partial charge in [-0.1, -0.05) is 23.7 Å². The molecule has 158 valence electrons. The number of nitrogens with zero attached hydrogens (tertiary/aromatic N) is 5. The fourth-order valence-electron chi connectivity index (χ4n) is 3.21. The Morgan fingerprint density at radius 1 is 1.00 bits per heavy atom. The second-order valence-corrected chi connectivity index (χ2v) is 9.02. The Hall–Kier alpha value is -3.99. The van der Waals surface area contributed by atoms with Crippen LogP contribution < -0.4 is 5.73 Å². The van der Waals surface area contributed by atoms with Crippen LogP contribution in [0.4, 0.5) is 10.2 Å². The third-order valence-corrected chi connectivity index (χ3v) is 6.81. The van der Waals surface area contributed by atoms with Gasteiger partial charge in [0, 0.05) is 5.02 Å². The highest BCUT2D eigenvalue weighted by Crippen LogP contribution is 2.35. The fraction of sp³-hybridized carbons (Fsp3) is 0.0476. The van der Waals surface area contributed by atoms with Gasteiger partial charge in [-0.05, 0) is 42.0 Å². The summed E-state index contributed by atoms with van der Waals surface area (Å²) in [5.74, 6) is -0.617. The van der Waals surface area contributed by atoms with E-state index in [1.165, 1.54) is 53.1 Å². The van der Waals surface area contributed by atoms with Crippen LogP contribution in [0.2, 0.25) is 5.02 Å². The van der Waals surface area contributed by atoms with Gasteiger partial charge >= 0.3 is 0 Å². The first-order valence-corrected chi connectivity index (χ1v) is 10.9. The number of rotatable bonds is 4. The normalized spacial score (nSPS) is 11.2. The molecule has 0 amide bonds. The van der Waals surface area contributed by atoms with Crippen molar-refractivity contribution in [2.75, 3.05) is 5.73 Å². The summed E-state index contributed by atoms with van der Waals surface area (Å²) in [6, 6.07) is 14.5. The highest BCUT2D eigenvalue weighted by atomic mass is 35.5. The van der Waals surface area contributed by atoms with Crippen molar-refractivity contribution < 1.29 is 12.8 Å². The summed E-state index contributed by atoms with van der Waals surface area (Å²) in [6.07, 6.45) is 0. The number of halogens is 2. The predicted octanol–water partition coefficient (Wildman–Crippen LogP) is 3.43. The van der Waals surface area contributed by atoms with Crippen LogP contribution in [0, 0.1) is 28.5 Å². The summed E-state index contributed by atoms with van der Waals surface area (Å²) in [6.45, 7) is 0.0319. The molecule has 4 rings (SSSR count). The summed E-state index contributed by atoms with van der Waals surface area (Å²) in [5, 5.41) is 19.0. The zero-order chi connectivity index (χ0) is 23.0. The molecule has 2 heterocycles. The maximum absolute atomic E-state index is 13.4. The first-order chi connectivity index (χ1) is 15.3. The monoisotopic (exact) mass is 466 g/mol. The molecule has 0 unspecified atom stereocenters. The van der Waals surface area contributed by atoms with E-state index in [4.69, 9.17) is 17.3 Å². The van der Waals surface area contributed by atoms with Crippen molar-refractivity contribution in [2.24, 2.45) is 0 Å². The molecule has 0 radical (unpaired) electrons. The summed E-state index contributed by atoms with van der Waals surface area (Å²) >= 11 is 5.87. The van der Waals surface area contributed by atoms with E-state index in [1.807, 2.05) is 0 Å². The lowest BCUT2D eigenvalue weighted by Crippen LogP contribution is -2.09. The van der Waals surface area contributed by atoms with Gasteiger partial charge in [-0.25, -0.2) is 22.8 Å². The van der Waals surface area contributed by atoms with E-state index in [0.717, 1.165) is 0 Å². The van der Waals surface area contributed by atoms with Crippen LogP contribution in [0.25, 0.3) is 11.2 Å². The van der Waals surface area contributed by atoms with Gasteiger partial charge in [0.05, 0.1) is 11.4 Å². The molecule has 0 bridgehead atoms. The highest BCUT2D eigenvalue weighted by molar-refractivity contribution is 7.92. The maximum Gasteiger partial charge on any atom is 0.212 e. The SMILES string of the molecule is N#Cc1nc2c(S(=O)(=O)c3ccc(Cl)cc3)c(N)n(Cc3ccc(F)cc3)c2nc1C#N. The highest BCUT2D eigenvalue weighted by Gasteiger charge is 2.31. The zero-order valence-electron chi connectivity index (χ0n) is 16.1. The lowest BCUT2D eigenvalue weighted by atomic mass is 10.2. The smallest absolute Gasteiger partial charge is 0.212 e. The second-order valence-electron chi connectivity index (χ2n) is 6.70. The number of nitrogens with two attached hydrogens (primary N) is 1. The molecule has 0 saturated heterocycles. The second kappa shape index (κ2) is 7.93. The molecule has 11 heteroatoms. The van der Waals surface area contributed by atoms with Gasteiger partial charge < -0.3 is 10.3 Å². The molecule has 32 heavy (non-hydrogen) atoms. The number of aromatic nitrogens is 3. The van der Waals surface area contributed by atoms with Gasteiger partial charge in [0.15, 0.2) is 17.0 Å². The molecule has 8 nitrogen and oxygen atoms in total. The molecule has 0 spiro atoms. The Balaban J connectivity index is 2.03. The number of hydrogen-bond acceptors (Lipinski definition) is 7. The van der Waals surface area contributed by atoms with E-state index >= 15 is 0 Å². The van der Waals surface area contributed by atoms with Gasteiger partial charge in [-0.3, -0.25) is 0 Å². The summed E-state index contributed by atoms with van der Waals surface area (Å²) < 4.78 is 41.6. The van der Waals surface area contributed by atoms with Crippen LogP contribution in [0.15, 0.2) is 58.3 Å². The van der Waals surface area contributed by atoms with Crippen LogP contribution >= 0.6 is 11.6 Å². The third-order valence-electron chi connectivity index (χ3n) is 4.73. The quantitative estimate of drug-likeness (QED) is 0.486. The summed E-state index contributed by atoms with van der Waals surface area (Å²) in [5.41, 5.74) is 6.14. The number of fused-ring (bicyclic) bond motifs is 1. The van der Waals surface area contributed by atoms with Crippen molar-refractivity contribution in [3.8, 4) is 12.1 Å². The number of sulfone groups is 1. The molecule has 2 aromatic carbocycles. The van der Waals surface area contributed by atoms with Gasteiger partial charge in [-0.15, -0.1) is 0 Å². The minimum atomic E-state index is -4.20. The Morgan fingerprint density at radius 2 is 1.59 bits per heavy atom. The Bertz CT molecular complexity index is 1550. The topological polar surface area (TPSA) is 138 Å². The fourth-order valence-corrected chi connectivity index (χ4v) is 4.84. The Morgan fingerprint density at radius 3 is 2.19 bits per heavy atom. The van der Waals surface area contributed by atoms with Gasteiger partial charge in [-0.2, -0.15) is 10.5 Å². The molecular weight excluding hydrogens is 455 g/mol. The van der Waals surface area contributed by atoms with E-state index in [0.29, 0.717) is 10.6 Å². The number of hydrogen-bond donors (Lipinski definition) is 1. The molecule has 0 atom stereocenters. The molecule has 0 fully saturated rings. The maximum atomic E-state index is 13.4. The van der Waals surface area contributed by atoms with E-state index < -0.39 is 15.7 Å². The van der Waals surface area contributed by atoms with Crippen molar-refractivity contribution in [1.29, 1.82) is 10.5 Å². The Labute approximate surface area is 186 Å². The van der Waals surface area contributed by atoms with Crippen LogP contribution in [-0.4, -0.2) is 23.0 Å². The van der Waals surface area contributed by atoms with Crippen LogP contribution in [0.1, 0.15) is 17.0 Å². The van der Waals surface area contributed by atoms with Crippen molar-refractivity contribution in [3.63, 3.8) is 0 Å². The molecule has 0 aliphatic carbocycles. The molecule has 2 N–H and O–H groups in total. The largest absolute Gasteiger partial charge is 0.384 e. The van der Waals surface area contributed by atoms with Crippen LogP contribution in [-0.2, 0) is 16.4 Å². The molecular formula is C21H12ClFN6O2S. The standard InChI is InChI=1S/C21H12ClFN6O2S/c22-13-3-7-15(8-4-13)32(30,31)19-18-21(28-17(10-25)16(9-24)27-18)29(20(19)26)11-12-1-5-14(23)6-2-12/h1-8H,11,26H2. The number of nitrogen functional groups attached to an aromatic ring is 1. The molecule has 2 aromatic heterocycles. The number of benzene rings is 2. The predicted molar refractivity (Wildman–Crippen MR) is 114 cm³/mol. The average Bonchev–Trinajstić information content (AvgIpc) is 3.05. The van der Waals surface area contributed by atoms with E-state index in [1.54, 1.807) is 12.1 Å². The average molecular weight is 467 g/mol. The molecule has 0 aliphatic rings. The third kappa shape index (κ3) is 3.52. The van der Waals surface area contributed by atoms with E-state index in [9.17, 15) is 23.3 Å². The van der Waals surface area contributed by atoms with E-state index in [-0.39, 0.29) is 44.7 Å². The first kappa shape index (κ1) is 21.2. The first-order valence-electron chi connectivity index (χ1n) is 9.01. The van der Waals surface area contributed by atoms with Gasteiger partial charge in [0.2, 0.25) is 9.84 Å². The Kier molecular flexibility index (Phi) is 5.26. The van der Waals surface area contributed by atoms with E-state index in [2.05, 4.69) is 9.97 Å². The van der Waals surface area contributed by atoms with Crippen molar-refractivity contribution in [1.82, 2.24) is 14.5 Å². The minimum Gasteiger partial charge on any atom is -0.384 e. The lowest BCUT2D eigenvalue weighted by Gasteiger charge is -2.08. The van der Waals surface area contributed by atoms with Gasteiger partial charge in [0.1, 0.15) is 34.2 Å². The van der Waals surface area contributed by atoms with Gasteiger partial charge in [0.25, 0.3) is 0 Å². The number of anilines is 1. The minimum absolute atomic E-state index is 0.00918.